The quantitative estimate of drug-likeness (QED) is 0.740. The van der Waals surface area contributed by atoms with Gasteiger partial charge in [0.25, 0.3) is 5.89 Å². The smallest absolute Gasteiger partial charge is 0.257 e. The highest BCUT2D eigenvalue weighted by molar-refractivity contribution is 5.82. The summed E-state index contributed by atoms with van der Waals surface area (Å²) in [6.07, 6.45) is 0.888. The van der Waals surface area contributed by atoms with Crippen molar-refractivity contribution in [2.75, 3.05) is 7.11 Å². The third-order valence-electron chi connectivity index (χ3n) is 4.58. The number of ether oxygens (including phenoxy) is 1. The number of nitrogens with one attached hydrogen (secondary N) is 1. The number of carbonyl (C=O) groups excluding carboxylic acids is 1. The number of rotatable bonds is 6. The van der Waals surface area contributed by atoms with E-state index in [1.165, 1.54) is 5.56 Å². The van der Waals surface area contributed by atoms with Gasteiger partial charge in [-0.25, -0.2) is 0 Å². The summed E-state index contributed by atoms with van der Waals surface area (Å²) in [7, 11) is 1.62. The van der Waals surface area contributed by atoms with Crippen molar-refractivity contribution in [3.05, 3.63) is 66.0 Å². The Kier molecular flexibility index (Phi) is 4.39. The van der Waals surface area contributed by atoms with Crippen LogP contribution in [-0.2, 0) is 11.3 Å². The Bertz CT molecular complexity index is 890. The maximum atomic E-state index is 12.3. The van der Waals surface area contributed by atoms with Crippen LogP contribution in [0.15, 0.2) is 59.1 Å². The lowest BCUT2D eigenvalue weighted by Crippen LogP contribution is -2.25. The number of benzene rings is 2. The van der Waals surface area contributed by atoms with Crippen LogP contribution in [0, 0.1) is 5.92 Å². The average Bonchev–Trinajstić information content (AvgIpc) is 3.37. The molecule has 1 amide bonds. The fourth-order valence-corrected chi connectivity index (χ4v) is 3.03. The number of carbonyl (C=O) groups is 1. The Morgan fingerprint density at radius 1 is 1.19 bits per heavy atom. The maximum Gasteiger partial charge on any atom is 0.257 e. The number of nitrogens with zero attached hydrogens (tertiary/aromatic N) is 2. The van der Waals surface area contributed by atoms with Crippen molar-refractivity contribution in [2.24, 2.45) is 5.92 Å². The van der Waals surface area contributed by atoms with Crippen LogP contribution < -0.4 is 10.1 Å². The van der Waals surface area contributed by atoms with Crippen molar-refractivity contribution in [3.63, 3.8) is 0 Å². The minimum absolute atomic E-state index is 0.0327. The molecule has 1 aromatic heterocycles. The number of hydrogen-bond acceptors (Lipinski definition) is 5. The van der Waals surface area contributed by atoms with E-state index in [2.05, 4.69) is 27.6 Å². The van der Waals surface area contributed by atoms with Crippen molar-refractivity contribution < 1.29 is 14.1 Å². The van der Waals surface area contributed by atoms with Crippen molar-refractivity contribution in [1.82, 2.24) is 15.5 Å². The topological polar surface area (TPSA) is 77.2 Å². The first-order valence-electron chi connectivity index (χ1n) is 8.54. The highest BCUT2D eigenvalue weighted by Crippen LogP contribution is 2.47. The van der Waals surface area contributed by atoms with Crippen molar-refractivity contribution >= 4 is 5.91 Å². The Morgan fingerprint density at radius 3 is 2.69 bits per heavy atom. The lowest BCUT2D eigenvalue weighted by molar-refractivity contribution is -0.122. The van der Waals surface area contributed by atoms with E-state index in [-0.39, 0.29) is 18.4 Å². The molecule has 0 saturated heterocycles. The standard InChI is InChI=1S/C20H19N3O3/c1-25-15-9-7-14(8-10-15)20-22-18(23-26-20)12-21-19(24)17-11-16(17)13-5-3-2-4-6-13/h2-10,16-17H,11-12H2,1H3,(H,21,24)/t16-,17-/m0/s1. The summed E-state index contributed by atoms with van der Waals surface area (Å²) in [5.74, 6) is 2.03. The molecule has 26 heavy (non-hydrogen) atoms. The minimum Gasteiger partial charge on any atom is -0.497 e. The normalized spacial score (nSPS) is 18.3. The molecule has 4 rings (SSSR count). The van der Waals surface area contributed by atoms with Crippen molar-refractivity contribution in [2.45, 2.75) is 18.9 Å². The van der Waals surface area contributed by atoms with E-state index in [1.54, 1.807) is 7.11 Å². The second-order valence-electron chi connectivity index (χ2n) is 6.32. The molecule has 132 valence electrons. The van der Waals surface area contributed by atoms with Crippen LogP contribution in [0.3, 0.4) is 0 Å². The van der Waals surface area contributed by atoms with E-state index in [0.29, 0.717) is 17.6 Å². The first kappa shape index (κ1) is 16.3. The molecule has 0 bridgehead atoms. The molecule has 1 aliphatic carbocycles. The van der Waals surface area contributed by atoms with Crippen LogP contribution in [0.1, 0.15) is 23.7 Å². The molecule has 3 aromatic rings. The molecule has 1 fully saturated rings. The van der Waals surface area contributed by atoms with Crippen molar-refractivity contribution in [3.8, 4) is 17.2 Å². The summed E-state index contributed by atoms with van der Waals surface area (Å²) in [6, 6.07) is 17.5. The molecule has 0 unspecified atom stereocenters. The van der Waals surface area contributed by atoms with Crippen LogP contribution in [0.5, 0.6) is 5.75 Å². The number of hydrogen-bond donors (Lipinski definition) is 1. The minimum atomic E-state index is 0.0327. The van der Waals surface area contributed by atoms with Crippen LogP contribution in [0.4, 0.5) is 0 Å². The monoisotopic (exact) mass is 349 g/mol. The molecule has 0 spiro atoms. The maximum absolute atomic E-state index is 12.3. The highest BCUT2D eigenvalue weighted by atomic mass is 16.5. The van der Waals surface area contributed by atoms with Gasteiger partial charge in [-0.15, -0.1) is 0 Å². The van der Waals surface area contributed by atoms with E-state index >= 15 is 0 Å². The van der Waals surface area contributed by atoms with Gasteiger partial charge in [0.1, 0.15) is 5.75 Å². The summed E-state index contributed by atoms with van der Waals surface area (Å²) in [6.45, 7) is 0.260. The van der Waals surface area contributed by atoms with E-state index in [1.807, 2.05) is 42.5 Å². The van der Waals surface area contributed by atoms with E-state index in [9.17, 15) is 4.79 Å². The van der Waals surface area contributed by atoms with Crippen LogP contribution in [0.25, 0.3) is 11.5 Å². The molecule has 0 radical (unpaired) electrons. The van der Waals surface area contributed by atoms with Gasteiger partial charge in [-0.1, -0.05) is 35.5 Å². The predicted octanol–water partition coefficient (Wildman–Crippen LogP) is 3.17. The molecule has 1 aliphatic rings. The fraction of sp³-hybridized carbons (Fsp3) is 0.250. The Labute approximate surface area is 151 Å². The molecule has 6 heteroatoms. The van der Waals surface area contributed by atoms with E-state index in [4.69, 9.17) is 9.26 Å². The molecular weight excluding hydrogens is 330 g/mol. The van der Waals surface area contributed by atoms with Crippen LogP contribution in [0.2, 0.25) is 0 Å². The molecule has 1 heterocycles. The summed E-state index contributed by atoms with van der Waals surface area (Å²) >= 11 is 0. The zero-order chi connectivity index (χ0) is 17.9. The number of methoxy groups -OCH3 is 1. The second-order valence-corrected chi connectivity index (χ2v) is 6.32. The van der Waals surface area contributed by atoms with E-state index < -0.39 is 0 Å². The molecule has 2 aromatic carbocycles. The van der Waals surface area contributed by atoms with Gasteiger partial charge in [-0.3, -0.25) is 4.79 Å². The largest absolute Gasteiger partial charge is 0.497 e. The van der Waals surface area contributed by atoms with Gasteiger partial charge in [-0.2, -0.15) is 4.98 Å². The molecule has 6 nitrogen and oxygen atoms in total. The Morgan fingerprint density at radius 2 is 1.96 bits per heavy atom. The lowest BCUT2D eigenvalue weighted by atomic mass is 10.1. The number of amides is 1. The van der Waals surface area contributed by atoms with E-state index in [0.717, 1.165) is 17.7 Å². The van der Waals surface area contributed by atoms with Crippen LogP contribution >= 0.6 is 0 Å². The summed E-state index contributed by atoms with van der Waals surface area (Å²) in [5.41, 5.74) is 2.02. The first-order chi connectivity index (χ1) is 12.7. The summed E-state index contributed by atoms with van der Waals surface area (Å²) < 4.78 is 10.4. The van der Waals surface area contributed by atoms with Crippen molar-refractivity contribution in [1.29, 1.82) is 0 Å². The molecule has 0 aliphatic heterocycles. The third-order valence-corrected chi connectivity index (χ3v) is 4.58. The first-order valence-corrected chi connectivity index (χ1v) is 8.54. The third kappa shape index (κ3) is 3.44. The zero-order valence-corrected chi connectivity index (χ0v) is 14.4. The molecular formula is C20H19N3O3. The fourth-order valence-electron chi connectivity index (χ4n) is 3.03. The SMILES string of the molecule is COc1ccc(-c2nc(CNC(=O)[C@H]3C[C@H]3c3ccccc3)no2)cc1. The predicted molar refractivity (Wildman–Crippen MR) is 95.4 cm³/mol. The number of aromatic nitrogens is 2. The highest BCUT2D eigenvalue weighted by Gasteiger charge is 2.43. The molecule has 1 saturated carbocycles. The lowest BCUT2D eigenvalue weighted by Gasteiger charge is -2.02. The van der Waals surface area contributed by atoms with Gasteiger partial charge in [-0.05, 0) is 42.2 Å². The van der Waals surface area contributed by atoms with Gasteiger partial charge < -0.3 is 14.6 Å². The zero-order valence-electron chi connectivity index (χ0n) is 14.4. The van der Waals surface area contributed by atoms with Gasteiger partial charge in [0.05, 0.1) is 13.7 Å². The second kappa shape index (κ2) is 7.00. The van der Waals surface area contributed by atoms with Gasteiger partial charge >= 0.3 is 0 Å². The summed E-state index contributed by atoms with van der Waals surface area (Å²) in [4.78, 5) is 16.6. The van der Waals surface area contributed by atoms with Gasteiger partial charge in [0, 0.05) is 11.5 Å². The Hall–Kier alpha value is -3.15. The average molecular weight is 349 g/mol. The van der Waals surface area contributed by atoms with Crippen LogP contribution in [-0.4, -0.2) is 23.2 Å². The molecule has 2 atom stereocenters. The Balaban J connectivity index is 1.33. The van der Waals surface area contributed by atoms with Gasteiger partial charge in [0.15, 0.2) is 5.82 Å². The van der Waals surface area contributed by atoms with Gasteiger partial charge in [0.2, 0.25) is 5.91 Å². The molecule has 1 N–H and O–H groups in total. The summed E-state index contributed by atoms with van der Waals surface area (Å²) in [5, 5.41) is 6.83.